The van der Waals surface area contributed by atoms with Gasteiger partial charge in [-0.15, -0.1) is 6.42 Å². The van der Waals surface area contributed by atoms with Gasteiger partial charge in [-0.05, 0) is 13.3 Å². The fourth-order valence-electron chi connectivity index (χ4n) is 1.49. The number of amides is 2. The van der Waals surface area contributed by atoms with Crippen molar-refractivity contribution in [3.8, 4) is 12.3 Å². The third-order valence-electron chi connectivity index (χ3n) is 2.34. The molecular weight excluding hydrogens is 220 g/mol. The summed E-state index contributed by atoms with van der Waals surface area (Å²) in [5.74, 6) is 1.48. The van der Waals surface area contributed by atoms with E-state index in [0.717, 1.165) is 6.42 Å². The van der Waals surface area contributed by atoms with E-state index in [2.05, 4.69) is 11.2 Å². The fraction of sp³-hybridized carbons (Fsp3) is 0.667. The minimum absolute atomic E-state index is 0.0623. The highest BCUT2D eigenvalue weighted by Gasteiger charge is 2.18. The summed E-state index contributed by atoms with van der Waals surface area (Å²) < 4.78 is 0. The van der Waals surface area contributed by atoms with Crippen LogP contribution in [0.2, 0.25) is 0 Å². The van der Waals surface area contributed by atoms with Crippen molar-refractivity contribution < 1.29 is 14.7 Å². The third-order valence-corrected chi connectivity index (χ3v) is 2.34. The van der Waals surface area contributed by atoms with Crippen LogP contribution in [0.5, 0.6) is 0 Å². The maximum absolute atomic E-state index is 11.8. The van der Waals surface area contributed by atoms with Gasteiger partial charge in [0.15, 0.2) is 0 Å². The van der Waals surface area contributed by atoms with Crippen molar-refractivity contribution in [3.63, 3.8) is 0 Å². The Bertz CT molecular complexity index is 297. The van der Waals surface area contributed by atoms with Crippen molar-refractivity contribution in [1.29, 1.82) is 0 Å². The average Bonchev–Trinajstić information content (AvgIpc) is 2.25. The number of hydrogen-bond donors (Lipinski definition) is 2. The van der Waals surface area contributed by atoms with Crippen LogP contribution in [-0.2, 0) is 4.79 Å². The van der Waals surface area contributed by atoms with E-state index in [9.17, 15) is 9.59 Å². The van der Waals surface area contributed by atoms with E-state index >= 15 is 0 Å². The Hall–Kier alpha value is -1.70. The first-order valence-corrected chi connectivity index (χ1v) is 5.75. The zero-order valence-electron chi connectivity index (χ0n) is 10.4. The summed E-state index contributed by atoms with van der Waals surface area (Å²) in [4.78, 5) is 23.9. The molecule has 2 N–H and O–H groups in total. The second kappa shape index (κ2) is 8.45. The summed E-state index contributed by atoms with van der Waals surface area (Å²) >= 11 is 0. The Balaban J connectivity index is 4.37. The third kappa shape index (κ3) is 6.46. The fourth-order valence-corrected chi connectivity index (χ4v) is 1.49. The molecule has 0 aromatic heterocycles. The lowest BCUT2D eigenvalue weighted by molar-refractivity contribution is -0.137. The van der Waals surface area contributed by atoms with Crippen LogP contribution in [0.25, 0.3) is 0 Å². The number of terminal acetylenes is 1. The molecule has 17 heavy (non-hydrogen) atoms. The normalized spacial score (nSPS) is 11.4. The summed E-state index contributed by atoms with van der Waals surface area (Å²) in [7, 11) is 0. The molecule has 0 bridgehead atoms. The molecular formula is C12H20N2O3. The molecule has 0 rings (SSSR count). The van der Waals surface area contributed by atoms with Crippen molar-refractivity contribution in [2.45, 2.75) is 39.2 Å². The van der Waals surface area contributed by atoms with Crippen molar-refractivity contribution in [2.75, 3.05) is 13.1 Å². The maximum Gasteiger partial charge on any atom is 0.318 e. The lowest BCUT2D eigenvalue weighted by atomic mass is 10.1. The second-order valence-corrected chi connectivity index (χ2v) is 3.75. The van der Waals surface area contributed by atoms with Gasteiger partial charge < -0.3 is 15.3 Å². The van der Waals surface area contributed by atoms with Crippen LogP contribution < -0.4 is 5.32 Å². The molecule has 0 aromatic rings. The van der Waals surface area contributed by atoms with Gasteiger partial charge in [0.1, 0.15) is 0 Å². The van der Waals surface area contributed by atoms with Crippen molar-refractivity contribution >= 4 is 12.0 Å². The highest BCUT2D eigenvalue weighted by molar-refractivity contribution is 5.76. The minimum atomic E-state index is -0.913. The van der Waals surface area contributed by atoms with E-state index in [4.69, 9.17) is 11.5 Å². The molecule has 0 radical (unpaired) electrons. The summed E-state index contributed by atoms with van der Waals surface area (Å²) in [6.07, 6.45) is 6.55. The van der Waals surface area contributed by atoms with E-state index in [1.807, 2.05) is 13.8 Å². The number of carbonyl (C=O) groups excluding carboxylic acids is 1. The molecule has 0 fully saturated rings. The van der Waals surface area contributed by atoms with Crippen LogP contribution in [0.1, 0.15) is 33.1 Å². The highest BCUT2D eigenvalue weighted by atomic mass is 16.4. The predicted octanol–water partition coefficient (Wildman–Crippen LogP) is 1.29. The van der Waals surface area contributed by atoms with Crippen molar-refractivity contribution in [1.82, 2.24) is 10.2 Å². The van der Waals surface area contributed by atoms with Gasteiger partial charge in [0.2, 0.25) is 0 Å². The molecule has 0 spiro atoms. The summed E-state index contributed by atoms with van der Waals surface area (Å²) in [5, 5.41) is 11.4. The van der Waals surface area contributed by atoms with Gasteiger partial charge >= 0.3 is 12.0 Å². The molecule has 0 aliphatic carbocycles. The molecule has 1 unspecified atom stereocenters. The summed E-state index contributed by atoms with van der Waals surface area (Å²) in [6, 6.07) is -0.637. The van der Waals surface area contributed by atoms with Crippen molar-refractivity contribution in [3.05, 3.63) is 0 Å². The summed E-state index contributed by atoms with van der Waals surface area (Å²) in [5.41, 5.74) is 0. The first-order valence-electron chi connectivity index (χ1n) is 5.75. The SMILES string of the molecule is C#CCN(CC)C(=O)NC(CCC)CC(=O)O. The van der Waals surface area contributed by atoms with Gasteiger partial charge in [-0.1, -0.05) is 19.3 Å². The number of aliphatic carboxylic acids is 1. The topological polar surface area (TPSA) is 69.6 Å². The number of carboxylic acid groups (broad SMARTS) is 1. The number of rotatable bonds is 7. The Morgan fingerprint density at radius 3 is 2.53 bits per heavy atom. The predicted molar refractivity (Wildman–Crippen MR) is 65.6 cm³/mol. The van der Waals surface area contributed by atoms with Gasteiger partial charge in [-0.25, -0.2) is 4.79 Å². The van der Waals surface area contributed by atoms with E-state index in [-0.39, 0.29) is 25.0 Å². The Morgan fingerprint density at radius 1 is 1.47 bits per heavy atom. The largest absolute Gasteiger partial charge is 0.481 e. The molecule has 1 atom stereocenters. The van der Waals surface area contributed by atoms with Gasteiger partial charge in [-0.3, -0.25) is 4.79 Å². The lowest BCUT2D eigenvalue weighted by Crippen LogP contribution is -2.45. The highest BCUT2D eigenvalue weighted by Crippen LogP contribution is 2.03. The monoisotopic (exact) mass is 240 g/mol. The van der Waals surface area contributed by atoms with Gasteiger partial charge in [-0.2, -0.15) is 0 Å². The van der Waals surface area contributed by atoms with Gasteiger partial charge in [0, 0.05) is 12.6 Å². The molecule has 2 amide bonds. The number of hydrogen-bond acceptors (Lipinski definition) is 2. The van der Waals surface area contributed by atoms with Crippen LogP contribution in [0.15, 0.2) is 0 Å². The van der Waals surface area contributed by atoms with Gasteiger partial charge in [0.25, 0.3) is 0 Å². The number of nitrogens with one attached hydrogen (secondary N) is 1. The molecule has 0 aliphatic rings. The number of carboxylic acids is 1. The average molecular weight is 240 g/mol. The second-order valence-electron chi connectivity index (χ2n) is 3.75. The van der Waals surface area contributed by atoms with Gasteiger partial charge in [0.05, 0.1) is 13.0 Å². The molecule has 0 aromatic carbocycles. The van der Waals surface area contributed by atoms with E-state index in [0.29, 0.717) is 13.0 Å². The van der Waals surface area contributed by atoms with Crippen LogP contribution in [-0.4, -0.2) is 41.1 Å². The number of carbonyl (C=O) groups is 2. The minimum Gasteiger partial charge on any atom is -0.481 e. The maximum atomic E-state index is 11.8. The molecule has 5 heteroatoms. The molecule has 0 saturated carbocycles. The zero-order valence-corrected chi connectivity index (χ0v) is 10.4. The first-order chi connectivity index (χ1) is 8.04. The molecule has 96 valence electrons. The summed E-state index contributed by atoms with van der Waals surface area (Å²) in [6.45, 7) is 4.50. The Labute approximate surface area is 102 Å². The first kappa shape index (κ1) is 15.3. The van der Waals surface area contributed by atoms with Crippen LogP contribution >= 0.6 is 0 Å². The van der Waals surface area contributed by atoms with E-state index in [1.165, 1.54) is 4.90 Å². The van der Waals surface area contributed by atoms with Crippen molar-refractivity contribution in [2.24, 2.45) is 0 Å². The van der Waals surface area contributed by atoms with Crippen LogP contribution in [0.4, 0.5) is 4.79 Å². The zero-order chi connectivity index (χ0) is 13.3. The smallest absolute Gasteiger partial charge is 0.318 e. The van der Waals surface area contributed by atoms with E-state index in [1.54, 1.807) is 0 Å². The molecule has 0 saturated heterocycles. The quantitative estimate of drug-likeness (QED) is 0.659. The molecule has 5 nitrogen and oxygen atoms in total. The Kier molecular flexibility index (Phi) is 7.61. The molecule has 0 aliphatic heterocycles. The van der Waals surface area contributed by atoms with E-state index < -0.39 is 5.97 Å². The molecule has 0 heterocycles. The number of urea groups is 1. The van der Waals surface area contributed by atoms with Crippen LogP contribution in [0.3, 0.4) is 0 Å². The Morgan fingerprint density at radius 2 is 2.12 bits per heavy atom. The standard InChI is InChI=1S/C12H20N2O3/c1-4-7-10(9-11(15)16)13-12(17)14(6-3)8-5-2/h2,10H,4,6-9H2,1,3H3,(H,13,17)(H,15,16). The van der Waals surface area contributed by atoms with Crippen LogP contribution in [0, 0.1) is 12.3 Å². The number of nitrogens with zero attached hydrogens (tertiary/aromatic N) is 1. The lowest BCUT2D eigenvalue weighted by Gasteiger charge is -2.23.